The summed E-state index contributed by atoms with van der Waals surface area (Å²) in [6.45, 7) is 0. The lowest BCUT2D eigenvalue weighted by Gasteiger charge is -2.10. The summed E-state index contributed by atoms with van der Waals surface area (Å²) < 4.78 is 1.79. The highest BCUT2D eigenvalue weighted by molar-refractivity contribution is 7.98. The number of para-hydroxylation sites is 1. The van der Waals surface area contributed by atoms with E-state index in [0.29, 0.717) is 21.7 Å². The fraction of sp³-hybridized carbons (Fsp3) is 0.125. The Hall–Kier alpha value is -2.65. The van der Waals surface area contributed by atoms with E-state index in [1.165, 1.54) is 29.3 Å². The molecule has 2 aromatic heterocycles. The third-order valence-electron chi connectivity index (χ3n) is 3.29. The van der Waals surface area contributed by atoms with E-state index in [-0.39, 0.29) is 12.3 Å². The predicted molar refractivity (Wildman–Crippen MR) is 98.3 cm³/mol. The molecular weight excluding hydrogens is 358 g/mol. The summed E-state index contributed by atoms with van der Waals surface area (Å²) in [7, 11) is 0. The summed E-state index contributed by atoms with van der Waals surface area (Å²) in [5.74, 6) is -0.786. The molecule has 0 bridgehead atoms. The van der Waals surface area contributed by atoms with Crippen LogP contribution >= 0.6 is 23.1 Å². The molecule has 9 heteroatoms. The van der Waals surface area contributed by atoms with Crippen molar-refractivity contribution >= 4 is 40.0 Å². The number of nitrogens with zero attached hydrogens (tertiary/aromatic N) is 3. The maximum atomic E-state index is 12.7. The molecule has 0 radical (unpaired) electrons. The van der Waals surface area contributed by atoms with Crippen molar-refractivity contribution in [2.45, 2.75) is 11.6 Å². The number of carbonyl (C=O) groups is 2. The lowest BCUT2D eigenvalue weighted by atomic mass is 10.3. The van der Waals surface area contributed by atoms with Gasteiger partial charge in [0.2, 0.25) is 5.91 Å². The lowest BCUT2D eigenvalue weighted by Crippen LogP contribution is -2.17. The first-order chi connectivity index (χ1) is 12.1. The zero-order valence-electron chi connectivity index (χ0n) is 13.3. The normalized spacial score (nSPS) is 10.6. The van der Waals surface area contributed by atoms with Crippen LogP contribution in [0.5, 0.6) is 0 Å². The van der Waals surface area contributed by atoms with Crippen LogP contribution < -0.4 is 11.1 Å². The van der Waals surface area contributed by atoms with Gasteiger partial charge in [0.05, 0.1) is 18.3 Å². The SMILES string of the molecule is CSc1ncc(C(=O)Nc2nc(CC(N)=O)cs2)n1-c1ccccc1. The largest absolute Gasteiger partial charge is 0.369 e. The molecule has 1 aromatic carbocycles. The number of carbonyl (C=O) groups excluding carboxylic acids is 2. The first kappa shape index (κ1) is 17.2. The number of benzene rings is 1. The van der Waals surface area contributed by atoms with E-state index < -0.39 is 5.91 Å². The van der Waals surface area contributed by atoms with Crippen molar-refractivity contribution in [3.05, 3.63) is 53.3 Å². The number of rotatable bonds is 6. The standard InChI is InChI=1S/C16H15N5O2S2/c1-24-16-18-8-12(21(16)11-5-3-2-4-6-11)14(23)20-15-19-10(9-25-15)7-13(17)22/h2-6,8-9H,7H2,1H3,(H2,17,22)(H,19,20,23). The second kappa shape index (κ2) is 7.49. The number of hydrogen-bond donors (Lipinski definition) is 2. The third kappa shape index (κ3) is 3.89. The molecule has 0 fully saturated rings. The molecule has 128 valence electrons. The number of amides is 2. The lowest BCUT2D eigenvalue weighted by molar-refractivity contribution is -0.117. The number of nitrogens with one attached hydrogen (secondary N) is 1. The number of nitrogens with two attached hydrogens (primary N) is 1. The van der Waals surface area contributed by atoms with Gasteiger partial charge in [0, 0.05) is 11.1 Å². The maximum Gasteiger partial charge on any atom is 0.276 e. The van der Waals surface area contributed by atoms with Crippen molar-refractivity contribution in [1.29, 1.82) is 0 Å². The van der Waals surface area contributed by atoms with Crippen LogP contribution in [-0.2, 0) is 11.2 Å². The monoisotopic (exact) mass is 373 g/mol. The molecule has 0 unspecified atom stereocenters. The molecule has 3 rings (SSSR count). The number of anilines is 1. The van der Waals surface area contributed by atoms with Gasteiger partial charge in [-0.1, -0.05) is 30.0 Å². The van der Waals surface area contributed by atoms with E-state index in [2.05, 4.69) is 15.3 Å². The zero-order chi connectivity index (χ0) is 17.8. The summed E-state index contributed by atoms with van der Waals surface area (Å²) >= 11 is 2.70. The summed E-state index contributed by atoms with van der Waals surface area (Å²) in [4.78, 5) is 32.1. The second-order valence-electron chi connectivity index (χ2n) is 5.04. The maximum absolute atomic E-state index is 12.7. The fourth-order valence-corrected chi connectivity index (χ4v) is 3.50. The van der Waals surface area contributed by atoms with Crippen LogP contribution in [0, 0.1) is 0 Å². The van der Waals surface area contributed by atoms with Crippen LogP contribution in [0.25, 0.3) is 5.69 Å². The van der Waals surface area contributed by atoms with E-state index >= 15 is 0 Å². The first-order valence-electron chi connectivity index (χ1n) is 7.29. The number of primary amides is 1. The smallest absolute Gasteiger partial charge is 0.276 e. The van der Waals surface area contributed by atoms with Crippen LogP contribution in [0.2, 0.25) is 0 Å². The Kier molecular flexibility index (Phi) is 5.15. The van der Waals surface area contributed by atoms with E-state index in [4.69, 9.17) is 5.73 Å². The van der Waals surface area contributed by atoms with Crippen molar-refractivity contribution in [2.24, 2.45) is 5.73 Å². The topological polar surface area (TPSA) is 103 Å². The van der Waals surface area contributed by atoms with Gasteiger partial charge in [-0.3, -0.25) is 19.5 Å². The molecular formula is C16H15N5O2S2. The molecule has 0 saturated heterocycles. The minimum Gasteiger partial charge on any atom is -0.369 e. The van der Waals surface area contributed by atoms with Gasteiger partial charge < -0.3 is 5.73 Å². The van der Waals surface area contributed by atoms with E-state index in [1.807, 2.05) is 36.6 Å². The Balaban J connectivity index is 1.87. The second-order valence-corrected chi connectivity index (χ2v) is 6.67. The minimum absolute atomic E-state index is 0.0466. The highest BCUT2D eigenvalue weighted by atomic mass is 32.2. The van der Waals surface area contributed by atoms with Crippen LogP contribution in [-0.4, -0.2) is 32.6 Å². The Morgan fingerprint density at radius 1 is 1.32 bits per heavy atom. The molecule has 0 atom stereocenters. The van der Waals surface area contributed by atoms with E-state index in [9.17, 15) is 9.59 Å². The average molecular weight is 373 g/mol. The zero-order valence-corrected chi connectivity index (χ0v) is 14.9. The van der Waals surface area contributed by atoms with Crippen molar-refractivity contribution in [2.75, 3.05) is 11.6 Å². The van der Waals surface area contributed by atoms with Crippen molar-refractivity contribution in [3.8, 4) is 5.69 Å². The van der Waals surface area contributed by atoms with Gasteiger partial charge in [0.1, 0.15) is 5.69 Å². The first-order valence-corrected chi connectivity index (χ1v) is 9.40. The Morgan fingerprint density at radius 2 is 2.08 bits per heavy atom. The highest BCUT2D eigenvalue weighted by Gasteiger charge is 2.18. The summed E-state index contributed by atoms with van der Waals surface area (Å²) in [6, 6.07) is 9.53. The molecule has 0 aliphatic carbocycles. The molecule has 3 aromatic rings. The molecule has 7 nitrogen and oxygen atoms in total. The quantitative estimate of drug-likeness (QED) is 0.646. The van der Waals surface area contributed by atoms with Crippen LogP contribution in [0.3, 0.4) is 0 Å². The van der Waals surface area contributed by atoms with Gasteiger partial charge in [-0.15, -0.1) is 11.3 Å². The van der Waals surface area contributed by atoms with Crippen molar-refractivity contribution in [1.82, 2.24) is 14.5 Å². The Bertz CT molecular complexity index is 904. The molecule has 3 N–H and O–H groups in total. The number of aromatic nitrogens is 3. The number of thioether (sulfide) groups is 1. The number of imidazole rings is 1. The molecule has 2 heterocycles. The van der Waals surface area contributed by atoms with Gasteiger partial charge in [-0.25, -0.2) is 9.97 Å². The average Bonchev–Trinajstić information content (AvgIpc) is 3.21. The van der Waals surface area contributed by atoms with Crippen LogP contribution in [0.1, 0.15) is 16.2 Å². The van der Waals surface area contributed by atoms with Crippen molar-refractivity contribution < 1.29 is 9.59 Å². The molecule has 25 heavy (non-hydrogen) atoms. The van der Waals surface area contributed by atoms with Crippen LogP contribution in [0.15, 0.2) is 47.1 Å². The number of thiazole rings is 1. The Morgan fingerprint density at radius 3 is 2.76 bits per heavy atom. The van der Waals surface area contributed by atoms with E-state index in [0.717, 1.165) is 5.69 Å². The molecule has 0 aliphatic rings. The van der Waals surface area contributed by atoms with Crippen LogP contribution in [0.4, 0.5) is 5.13 Å². The van der Waals surface area contributed by atoms with Gasteiger partial charge >= 0.3 is 0 Å². The Labute approximate surface area is 152 Å². The fourth-order valence-electron chi connectivity index (χ4n) is 2.25. The minimum atomic E-state index is -0.463. The number of hydrogen-bond acceptors (Lipinski definition) is 6. The van der Waals surface area contributed by atoms with Gasteiger partial charge in [0.15, 0.2) is 10.3 Å². The summed E-state index contributed by atoms with van der Waals surface area (Å²) in [6.07, 6.45) is 3.48. The molecule has 0 aliphatic heterocycles. The van der Waals surface area contributed by atoms with E-state index in [1.54, 1.807) is 9.95 Å². The third-order valence-corrected chi connectivity index (χ3v) is 4.75. The van der Waals surface area contributed by atoms with Crippen molar-refractivity contribution in [3.63, 3.8) is 0 Å². The molecule has 0 saturated carbocycles. The van der Waals surface area contributed by atoms with Gasteiger partial charge in [-0.05, 0) is 18.4 Å². The molecule has 2 amide bonds. The molecule has 0 spiro atoms. The summed E-state index contributed by atoms with van der Waals surface area (Å²) in [5.41, 5.74) is 6.94. The van der Waals surface area contributed by atoms with Gasteiger partial charge in [-0.2, -0.15) is 0 Å². The highest BCUT2D eigenvalue weighted by Crippen LogP contribution is 2.23. The van der Waals surface area contributed by atoms with Gasteiger partial charge in [0.25, 0.3) is 5.91 Å². The summed E-state index contributed by atoms with van der Waals surface area (Å²) in [5, 5.41) is 5.57. The predicted octanol–water partition coefficient (Wildman–Crippen LogP) is 2.33.